The molecule has 23 heavy (non-hydrogen) atoms. The van der Waals surface area contributed by atoms with Crippen LogP contribution in [0.15, 0.2) is 18.2 Å². The molecule has 0 spiro atoms. The summed E-state index contributed by atoms with van der Waals surface area (Å²) in [5.74, 6) is -1.72. The molecule has 5 amide bonds. The first-order valence-electron chi connectivity index (χ1n) is 6.68. The van der Waals surface area contributed by atoms with Crippen molar-refractivity contribution in [2.75, 3.05) is 6.54 Å². The van der Waals surface area contributed by atoms with Gasteiger partial charge in [0, 0.05) is 6.42 Å². The van der Waals surface area contributed by atoms with Gasteiger partial charge in [0.15, 0.2) is 0 Å². The van der Waals surface area contributed by atoms with E-state index in [0.29, 0.717) is 10.6 Å². The summed E-state index contributed by atoms with van der Waals surface area (Å²) < 4.78 is 0. The summed E-state index contributed by atoms with van der Waals surface area (Å²) in [5.41, 5.74) is -0.671. The zero-order valence-electron chi connectivity index (χ0n) is 11.9. The number of rotatable bonds is 2. The van der Waals surface area contributed by atoms with Crippen molar-refractivity contribution in [2.24, 2.45) is 0 Å². The first-order chi connectivity index (χ1) is 10.7. The van der Waals surface area contributed by atoms with E-state index < -0.39 is 29.2 Å². The van der Waals surface area contributed by atoms with Gasteiger partial charge in [-0.15, -0.1) is 0 Å². The van der Waals surface area contributed by atoms with Crippen LogP contribution in [0.4, 0.5) is 4.79 Å². The van der Waals surface area contributed by atoms with Crippen LogP contribution in [0.3, 0.4) is 0 Å². The predicted octanol–water partition coefficient (Wildman–Crippen LogP) is 1.48. The quantitative estimate of drug-likeness (QED) is 0.642. The normalized spacial score (nSPS) is 24.7. The number of nitrogens with one attached hydrogen (secondary N) is 1. The second-order valence-electron chi connectivity index (χ2n) is 5.56. The van der Waals surface area contributed by atoms with Gasteiger partial charge in [-0.3, -0.25) is 19.7 Å². The minimum absolute atomic E-state index is 0.137. The molecule has 9 heteroatoms. The number of amides is 5. The molecule has 1 aromatic rings. The molecule has 3 rings (SSSR count). The number of imide groups is 2. The van der Waals surface area contributed by atoms with E-state index in [1.165, 1.54) is 12.1 Å². The highest BCUT2D eigenvalue weighted by Crippen LogP contribution is 2.39. The van der Waals surface area contributed by atoms with Crippen LogP contribution in [0.25, 0.3) is 0 Å². The van der Waals surface area contributed by atoms with Gasteiger partial charge >= 0.3 is 6.03 Å². The van der Waals surface area contributed by atoms with Gasteiger partial charge in [0.25, 0.3) is 5.91 Å². The lowest BCUT2D eigenvalue weighted by Gasteiger charge is -2.27. The van der Waals surface area contributed by atoms with Gasteiger partial charge in [-0.1, -0.05) is 29.3 Å². The van der Waals surface area contributed by atoms with Crippen molar-refractivity contribution >= 4 is 47.0 Å². The first-order valence-corrected chi connectivity index (χ1v) is 7.44. The van der Waals surface area contributed by atoms with Crippen molar-refractivity contribution in [3.05, 3.63) is 33.8 Å². The van der Waals surface area contributed by atoms with Crippen molar-refractivity contribution in [3.8, 4) is 0 Å². The molecule has 2 aliphatic rings. The van der Waals surface area contributed by atoms with Crippen LogP contribution in [0, 0.1) is 0 Å². The van der Waals surface area contributed by atoms with Crippen molar-refractivity contribution in [1.29, 1.82) is 0 Å². The number of urea groups is 1. The average Bonchev–Trinajstić information content (AvgIpc) is 2.91. The number of carbonyl (C=O) groups excluding carboxylic acids is 4. The zero-order chi connectivity index (χ0) is 16.9. The Labute approximate surface area is 141 Å². The molecule has 2 saturated heterocycles. The minimum Gasteiger partial charge on any atom is -0.275 e. The van der Waals surface area contributed by atoms with E-state index in [-0.39, 0.29) is 18.0 Å². The Morgan fingerprint density at radius 3 is 2.39 bits per heavy atom. The number of benzene rings is 1. The van der Waals surface area contributed by atoms with Crippen LogP contribution >= 0.6 is 23.2 Å². The van der Waals surface area contributed by atoms with E-state index >= 15 is 0 Å². The predicted molar refractivity (Wildman–Crippen MR) is 80.5 cm³/mol. The third-order valence-corrected chi connectivity index (χ3v) is 4.72. The zero-order valence-corrected chi connectivity index (χ0v) is 13.4. The van der Waals surface area contributed by atoms with Crippen molar-refractivity contribution in [2.45, 2.75) is 18.8 Å². The number of carbonyl (C=O) groups is 4. The summed E-state index contributed by atoms with van der Waals surface area (Å²) >= 11 is 11.9. The molecule has 7 nitrogen and oxygen atoms in total. The lowest BCUT2D eigenvalue weighted by Crippen LogP contribution is -2.49. The molecule has 1 aromatic carbocycles. The van der Waals surface area contributed by atoms with Gasteiger partial charge < -0.3 is 0 Å². The van der Waals surface area contributed by atoms with E-state index in [1.54, 1.807) is 13.0 Å². The standard InChI is InChI=1S/C14H11Cl2N3O4/c1-14(7-2-3-8(15)9(16)4-7)5-11(21)19(12(14)22)18-6-10(20)17-13(18)23/h2-4H,5-6H2,1H3,(H,17,20,23). The topological polar surface area (TPSA) is 86.8 Å². The van der Waals surface area contributed by atoms with Crippen LogP contribution in [-0.2, 0) is 19.8 Å². The SMILES string of the molecule is CC1(c2ccc(Cl)c(Cl)c2)CC(=O)N(N2CC(=O)NC2=O)C1=O. The number of nitrogens with zero attached hydrogens (tertiary/aromatic N) is 2. The summed E-state index contributed by atoms with van der Waals surface area (Å²) in [6.07, 6.45) is -0.137. The summed E-state index contributed by atoms with van der Waals surface area (Å²) in [6.45, 7) is 1.22. The fourth-order valence-electron chi connectivity index (χ4n) is 2.70. The molecule has 0 saturated carbocycles. The Bertz CT molecular complexity index is 766. The number of halogens is 2. The lowest BCUT2D eigenvalue weighted by molar-refractivity contribution is -0.153. The molecule has 0 radical (unpaired) electrons. The van der Waals surface area contributed by atoms with E-state index in [2.05, 4.69) is 0 Å². The maximum atomic E-state index is 12.8. The Morgan fingerprint density at radius 1 is 1.13 bits per heavy atom. The van der Waals surface area contributed by atoms with Crippen LogP contribution in [0.5, 0.6) is 0 Å². The Balaban J connectivity index is 1.98. The van der Waals surface area contributed by atoms with Crippen LogP contribution < -0.4 is 5.32 Å². The molecule has 0 aromatic heterocycles. The van der Waals surface area contributed by atoms with Gasteiger partial charge in [-0.25, -0.2) is 9.80 Å². The van der Waals surface area contributed by atoms with Crippen LogP contribution in [0.1, 0.15) is 18.9 Å². The molecule has 2 aliphatic heterocycles. The maximum absolute atomic E-state index is 12.8. The van der Waals surface area contributed by atoms with Gasteiger partial charge in [0.1, 0.15) is 6.54 Å². The molecule has 2 heterocycles. The molecule has 1 unspecified atom stereocenters. The lowest BCUT2D eigenvalue weighted by atomic mass is 9.81. The summed E-state index contributed by atoms with van der Waals surface area (Å²) in [4.78, 5) is 48.1. The van der Waals surface area contributed by atoms with E-state index in [0.717, 1.165) is 10.0 Å². The summed E-state index contributed by atoms with van der Waals surface area (Å²) in [5, 5.41) is 4.17. The first kappa shape index (κ1) is 15.8. The van der Waals surface area contributed by atoms with Crippen molar-refractivity contribution in [3.63, 3.8) is 0 Å². The van der Waals surface area contributed by atoms with Crippen molar-refractivity contribution in [1.82, 2.24) is 15.3 Å². The number of hydrogen-bond donors (Lipinski definition) is 1. The smallest absolute Gasteiger partial charge is 0.275 e. The Hall–Kier alpha value is -2.12. The summed E-state index contributed by atoms with van der Waals surface area (Å²) in [7, 11) is 0. The summed E-state index contributed by atoms with van der Waals surface area (Å²) in [6, 6.07) is 3.87. The van der Waals surface area contributed by atoms with Gasteiger partial charge in [-0.05, 0) is 24.6 Å². The highest BCUT2D eigenvalue weighted by Gasteiger charge is 2.54. The Kier molecular flexibility index (Phi) is 3.57. The molecule has 0 bridgehead atoms. The second-order valence-corrected chi connectivity index (χ2v) is 6.37. The van der Waals surface area contributed by atoms with Gasteiger partial charge in [0.2, 0.25) is 11.8 Å². The molecule has 1 atom stereocenters. The molecule has 120 valence electrons. The van der Waals surface area contributed by atoms with Gasteiger partial charge in [-0.2, -0.15) is 5.01 Å². The molecular weight excluding hydrogens is 345 g/mol. The molecular formula is C14H11Cl2N3O4. The second kappa shape index (κ2) is 5.21. The molecule has 1 N–H and O–H groups in total. The van der Waals surface area contributed by atoms with E-state index in [9.17, 15) is 19.2 Å². The van der Waals surface area contributed by atoms with E-state index in [1.807, 2.05) is 5.32 Å². The molecule has 0 aliphatic carbocycles. The fourth-order valence-corrected chi connectivity index (χ4v) is 3.00. The highest BCUT2D eigenvalue weighted by molar-refractivity contribution is 6.42. The van der Waals surface area contributed by atoms with Crippen molar-refractivity contribution < 1.29 is 19.2 Å². The Morgan fingerprint density at radius 2 is 1.83 bits per heavy atom. The number of hydrazine groups is 1. The largest absolute Gasteiger partial charge is 0.343 e. The third kappa shape index (κ3) is 2.36. The average molecular weight is 356 g/mol. The highest BCUT2D eigenvalue weighted by atomic mass is 35.5. The third-order valence-electron chi connectivity index (χ3n) is 3.98. The fraction of sp³-hybridized carbons (Fsp3) is 0.286. The van der Waals surface area contributed by atoms with Crippen LogP contribution in [-0.4, -0.2) is 40.3 Å². The number of hydrogen-bond acceptors (Lipinski definition) is 4. The van der Waals surface area contributed by atoms with Crippen LogP contribution in [0.2, 0.25) is 10.0 Å². The van der Waals surface area contributed by atoms with E-state index in [4.69, 9.17) is 23.2 Å². The minimum atomic E-state index is -1.18. The van der Waals surface area contributed by atoms with Gasteiger partial charge in [0.05, 0.1) is 15.5 Å². The monoisotopic (exact) mass is 355 g/mol. The molecule has 2 fully saturated rings. The maximum Gasteiger partial charge on any atom is 0.343 e.